The van der Waals surface area contributed by atoms with Gasteiger partial charge >= 0.3 is 0 Å². The number of rotatable bonds is 5. The number of nitrogens with one attached hydrogen (secondary N) is 2. The number of carbonyl (C=O) groups is 1. The first-order valence-electron chi connectivity index (χ1n) is 7.14. The molecule has 0 aromatic heterocycles. The van der Waals surface area contributed by atoms with Crippen LogP contribution in [0.5, 0.6) is 0 Å². The van der Waals surface area contributed by atoms with E-state index in [9.17, 15) is 23.3 Å². The smallest absolute Gasteiger partial charge is 0.269 e. The van der Waals surface area contributed by atoms with Crippen molar-refractivity contribution in [2.24, 2.45) is 0 Å². The number of hydrogen-bond acceptors (Lipinski definition) is 6. The van der Waals surface area contributed by atoms with E-state index >= 15 is 0 Å². The lowest BCUT2D eigenvalue weighted by Crippen LogP contribution is -2.58. The zero-order valence-electron chi connectivity index (χ0n) is 12.1. The van der Waals surface area contributed by atoms with Gasteiger partial charge in [-0.1, -0.05) is 0 Å². The predicted molar refractivity (Wildman–Crippen MR) is 80.2 cm³/mol. The van der Waals surface area contributed by atoms with Crippen LogP contribution >= 0.6 is 0 Å². The van der Waals surface area contributed by atoms with Gasteiger partial charge in [0.05, 0.1) is 15.9 Å². The van der Waals surface area contributed by atoms with Gasteiger partial charge < -0.3 is 10.2 Å². The molecule has 2 saturated heterocycles. The summed E-state index contributed by atoms with van der Waals surface area (Å²) in [5.41, 5.74) is -0.177. The number of carbonyl (C=O) groups excluding carboxylic acids is 1. The summed E-state index contributed by atoms with van der Waals surface area (Å²) in [6.07, 6.45) is 0.128. The van der Waals surface area contributed by atoms with Crippen LogP contribution < -0.4 is 10.0 Å². The molecule has 1 aromatic carbocycles. The lowest BCUT2D eigenvalue weighted by molar-refractivity contribution is -0.384. The molecule has 3 rings (SSSR count). The molecule has 0 bridgehead atoms. The van der Waals surface area contributed by atoms with Gasteiger partial charge in [-0.15, -0.1) is 0 Å². The van der Waals surface area contributed by atoms with Crippen molar-refractivity contribution in [3.63, 3.8) is 0 Å². The summed E-state index contributed by atoms with van der Waals surface area (Å²) in [7, 11) is -3.81. The maximum atomic E-state index is 12.3. The molecular weight excluding hydrogens is 324 g/mol. The summed E-state index contributed by atoms with van der Waals surface area (Å²) in [5, 5.41) is 13.7. The fourth-order valence-corrected chi connectivity index (χ4v) is 3.92. The molecule has 1 atom stereocenters. The van der Waals surface area contributed by atoms with E-state index in [0.717, 1.165) is 25.2 Å². The molecule has 0 radical (unpaired) electrons. The third-order valence-electron chi connectivity index (χ3n) is 4.04. The van der Waals surface area contributed by atoms with Crippen LogP contribution in [0.1, 0.15) is 6.42 Å². The van der Waals surface area contributed by atoms with E-state index in [1.807, 2.05) is 0 Å². The average Bonchev–Trinajstić information content (AvgIpc) is 2.77. The summed E-state index contributed by atoms with van der Waals surface area (Å²) in [6.45, 7) is 1.80. The van der Waals surface area contributed by atoms with Crippen molar-refractivity contribution in [3.05, 3.63) is 34.4 Å². The summed E-state index contributed by atoms with van der Waals surface area (Å²) in [4.78, 5) is 23.6. The Labute approximate surface area is 132 Å². The third-order valence-corrected chi connectivity index (χ3v) is 5.58. The van der Waals surface area contributed by atoms with Crippen molar-refractivity contribution in [1.29, 1.82) is 0 Å². The van der Waals surface area contributed by atoms with Gasteiger partial charge in [0, 0.05) is 44.2 Å². The molecule has 2 heterocycles. The third kappa shape index (κ3) is 3.19. The van der Waals surface area contributed by atoms with Crippen molar-refractivity contribution in [2.75, 3.05) is 19.6 Å². The molecule has 124 valence electrons. The zero-order valence-corrected chi connectivity index (χ0v) is 13.0. The molecule has 0 saturated carbocycles. The van der Waals surface area contributed by atoms with E-state index < -0.39 is 21.0 Å². The molecule has 0 spiro atoms. The van der Waals surface area contributed by atoms with Gasteiger partial charge in [-0.2, -0.15) is 0 Å². The second kappa shape index (κ2) is 5.87. The first-order chi connectivity index (χ1) is 10.9. The summed E-state index contributed by atoms with van der Waals surface area (Å²) >= 11 is 0. The molecule has 2 aliphatic rings. The topological polar surface area (TPSA) is 122 Å². The highest BCUT2D eigenvalue weighted by atomic mass is 32.2. The largest absolute Gasteiger partial charge is 0.335 e. The Balaban J connectivity index is 1.69. The number of likely N-dealkylation sites (tertiary alicyclic amines) is 1. The van der Waals surface area contributed by atoms with Gasteiger partial charge in [0.1, 0.15) is 0 Å². The second-order valence-corrected chi connectivity index (χ2v) is 7.35. The van der Waals surface area contributed by atoms with Crippen LogP contribution in [0.15, 0.2) is 29.2 Å². The van der Waals surface area contributed by atoms with Crippen molar-refractivity contribution in [1.82, 2.24) is 14.9 Å². The molecule has 2 aliphatic heterocycles. The summed E-state index contributed by atoms with van der Waals surface area (Å²) in [5.74, 6) is -0.0621. The molecule has 1 aromatic rings. The van der Waals surface area contributed by atoms with Crippen molar-refractivity contribution in [2.45, 2.75) is 23.4 Å². The molecule has 0 aliphatic carbocycles. The van der Waals surface area contributed by atoms with Crippen molar-refractivity contribution in [3.8, 4) is 0 Å². The van der Waals surface area contributed by atoms with Crippen LogP contribution in [0, 0.1) is 10.1 Å². The van der Waals surface area contributed by atoms with Crippen molar-refractivity contribution < 1.29 is 18.1 Å². The minimum absolute atomic E-state index is 0.0562. The van der Waals surface area contributed by atoms with E-state index in [2.05, 4.69) is 10.0 Å². The van der Waals surface area contributed by atoms with Crippen LogP contribution in [0.4, 0.5) is 5.69 Å². The maximum absolute atomic E-state index is 12.3. The highest BCUT2D eigenvalue weighted by Crippen LogP contribution is 2.20. The van der Waals surface area contributed by atoms with E-state index in [-0.39, 0.29) is 29.0 Å². The van der Waals surface area contributed by atoms with Gasteiger partial charge in [-0.3, -0.25) is 14.9 Å². The molecule has 1 amide bonds. The first kappa shape index (κ1) is 15.8. The van der Waals surface area contributed by atoms with Gasteiger partial charge in [-0.05, 0) is 12.1 Å². The van der Waals surface area contributed by atoms with Crippen LogP contribution in [-0.2, 0) is 14.8 Å². The normalized spacial score (nSPS) is 22.2. The van der Waals surface area contributed by atoms with Crippen LogP contribution in [0.2, 0.25) is 0 Å². The molecule has 1 unspecified atom stereocenters. The molecular formula is C13H16N4O5S. The molecule has 2 N–H and O–H groups in total. The number of amides is 1. The number of benzene rings is 1. The Hall–Kier alpha value is -2.04. The summed E-state index contributed by atoms with van der Waals surface area (Å²) < 4.78 is 27.1. The van der Waals surface area contributed by atoms with E-state index in [1.165, 1.54) is 12.1 Å². The number of hydrogen-bond donors (Lipinski definition) is 2. The Morgan fingerprint density at radius 2 is 1.91 bits per heavy atom. The molecule has 9 nitrogen and oxygen atoms in total. The second-order valence-electron chi connectivity index (χ2n) is 5.63. The Kier molecular flexibility index (Phi) is 4.04. The van der Waals surface area contributed by atoms with Crippen LogP contribution in [0.3, 0.4) is 0 Å². The number of sulfonamides is 1. The number of non-ortho nitro benzene ring substituents is 1. The van der Waals surface area contributed by atoms with E-state index in [4.69, 9.17) is 0 Å². The fraction of sp³-hybridized carbons (Fsp3) is 0.462. The highest BCUT2D eigenvalue weighted by molar-refractivity contribution is 7.89. The highest BCUT2D eigenvalue weighted by Gasteiger charge is 2.38. The van der Waals surface area contributed by atoms with Crippen molar-refractivity contribution >= 4 is 21.6 Å². The lowest BCUT2D eigenvalue weighted by atomic mass is 10.1. The Morgan fingerprint density at radius 1 is 1.26 bits per heavy atom. The predicted octanol–water partition coefficient (Wildman–Crippen LogP) is -0.554. The Morgan fingerprint density at radius 3 is 2.43 bits per heavy atom. The fourth-order valence-electron chi connectivity index (χ4n) is 2.69. The summed E-state index contributed by atoms with van der Waals surface area (Å²) in [6, 6.07) is 4.30. The quantitative estimate of drug-likeness (QED) is 0.548. The number of nitro groups is 1. The van der Waals surface area contributed by atoms with Gasteiger partial charge in [0.2, 0.25) is 15.9 Å². The van der Waals surface area contributed by atoms with Gasteiger partial charge in [0.25, 0.3) is 5.69 Å². The number of nitrogens with zero attached hydrogens (tertiary/aromatic N) is 2. The zero-order chi connectivity index (χ0) is 16.6. The molecule has 23 heavy (non-hydrogen) atoms. The first-order valence-corrected chi connectivity index (χ1v) is 8.62. The van der Waals surface area contributed by atoms with Crippen LogP contribution in [0.25, 0.3) is 0 Å². The van der Waals surface area contributed by atoms with Gasteiger partial charge in [-0.25, -0.2) is 13.1 Å². The Bertz CT molecular complexity index is 729. The van der Waals surface area contributed by atoms with E-state index in [1.54, 1.807) is 4.90 Å². The monoisotopic (exact) mass is 340 g/mol. The minimum atomic E-state index is -3.81. The minimum Gasteiger partial charge on any atom is -0.335 e. The average molecular weight is 340 g/mol. The van der Waals surface area contributed by atoms with E-state index in [0.29, 0.717) is 6.54 Å². The standard InChI is InChI=1S/C13H16N4O5S/c18-13-5-9(8-16(13)11-6-14-7-11)15-23(21,22)12-3-1-10(2-4-12)17(19)20/h1-4,9,11,14-15H,5-8H2. The molecule has 10 heteroatoms. The van der Waals surface area contributed by atoms with Crippen LogP contribution in [-0.4, -0.2) is 55.9 Å². The SMILES string of the molecule is O=C1CC(NS(=O)(=O)c2ccc([N+](=O)[O-])cc2)CN1C1CNC1. The molecule has 2 fully saturated rings. The maximum Gasteiger partial charge on any atom is 0.269 e. The van der Waals surface area contributed by atoms with Gasteiger partial charge in [0.15, 0.2) is 0 Å². The lowest BCUT2D eigenvalue weighted by Gasteiger charge is -2.35. The number of nitro benzene ring substituents is 1.